The van der Waals surface area contributed by atoms with Crippen molar-refractivity contribution in [3.63, 3.8) is 0 Å². The number of aromatic nitrogens is 3. The van der Waals surface area contributed by atoms with Crippen molar-refractivity contribution in [3.8, 4) is 0 Å². The molecule has 0 saturated heterocycles. The second-order valence-corrected chi connectivity index (χ2v) is 6.33. The number of benzene rings is 1. The third kappa shape index (κ3) is 4.01. The van der Waals surface area contributed by atoms with E-state index in [0.717, 1.165) is 18.2 Å². The Morgan fingerprint density at radius 3 is 2.35 bits per heavy atom. The first kappa shape index (κ1) is 17.3. The van der Waals surface area contributed by atoms with Crippen LogP contribution in [-0.4, -0.2) is 15.2 Å². The number of nitrogens with zero attached hydrogens (tertiary/aromatic N) is 2. The monoisotopic (exact) mass is 346 g/mol. The molecule has 0 atom stereocenters. The largest absolute Gasteiger partial charge is 0.416 e. The Morgan fingerprint density at radius 2 is 1.83 bits per heavy atom. The van der Waals surface area contributed by atoms with Gasteiger partial charge in [0.2, 0.25) is 5.95 Å². The van der Waals surface area contributed by atoms with Gasteiger partial charge in [0, 0.05) is 5.41 Å². The molecule has 2 N–H and O–H groups in total. The first-order valence-corrected chi connectivity index (χ1v) is 6.97. The molecule has 0 fully saturated rings. The highest BCUT2D eigenvalue weighted by atomic mass is 35.5. The first-order valence-electron chi connectivity index (χ1n) is 6.60. The number of nitrogens with one attached hydrogen (secondary N) is 2. The van der Waals surface area contributed by atoms with Crippen LogP contribution in [0.4, 0.5) is 24.8 Å². The van der Waals surface area contributed by atoms with Gasteiger partial charge in [0.05, 0.1) is 16.3 Å². The van der Waals surface area contributed by atoms with Crippen molar-refractivity contribution in [2.24, 2.45) is 0 Å². The second kappa shape index (κ2) is 5.84. The normalized spacial score (nSPS) is 12.3. The molecule has 23 heavy (non-hydrogen) atoms. The topological polar surface area (TPSA) is 70.7 Å². The Labute approximate surface area is 134 Å². The van der Waals surface area contributed by atoms with E-state index in [1.807, 2.05) is 0 Å². The van der Waals surface area contributed by atoms with E-state index in [0.29, 0.717) is 0 Å². The summed E-state index contributed by atoms with van der Waals surface area (Å²) in [5, 5.41) is 10.2. The lowest BCUT2D eigenvalue weighted by atomic mass is 9.93. The summed E-state index contributed by atoms with van der Waals surface area (Å²) < 4.78 is 38.2. The van der Waals surface area contributed by atoms with E-state index >= 15 is 0 Å². The van der Waals surface area contributed by atoms with Gasteiger partial charge in [0.15, 0.2) is 0 Å². The van der Waals surface area contributed by atoms with Crippen LogP contribution >= 0.6 is 11.6 Å². The minimum Gasteiger partial charge on any atom is -0.323 e. The highest BCUT2D eigenvalue weighted by molar-refractivity contribution is 6.33. The van der Waals surface area contributed by atoms with Crippen LogP contribution in [0, 0.1) is 0 Å². The van der Waals surface area contributed by atoms with E-state index in [1.54, 1.807) is 20.8 Å². The minimum absolute atomic E-state index is 0.0325. The molecule has 0 unspecified atom stereocenters. The van der Waals surface area contributed by atoms with Crippen molar-refractivity contribution in [2.45, 2.75) is 32.4 Å². The Morgan fingerprint density at radius 1 is 1.17 bits per heavy atom. The van der Waals surface area contributed by atoms with Gasteiger partial charge in [-0.1, -0.05) is 32.4 Å². The van der Waals surface area contributed by atoms with Crippen LogP contribution in [0.15, 0.2) is 23.0 Å². The molecule has 0 radical (unpaired) electrons. The third-order valence-corrected chi connectivity index (χ3v) is 3.28. The number of H-pyrrole nitrogens is 1. The Bertz CT molecular complexity index is 781. The molecule has 0 saturated carbocycles. The van der Waals surface area contributed by atoms with Gasteiger partial charge in [-0.25, -0.2) is 0 Å². The quantitative estimate of drug-likeness (QED) is 0.865. The number of rotatable bonds is 2. The van der Waals surface area contributed by atoms with Crippen LogP contribution < -0.4 is 10.9 Å². The fraction of sp³-hybridized carbons (Fsp3) is 0.357. The maximum absolute atomic E-state index is 12.7. The molecule has 0 amide bonds. The molecule has 2 aromatic rings. The van der Waals surface area contributed by atoms with Gasteiger partial charge in [-0.2, -0.15) is 13.2 Å². The molecule has 1 aromatic carbocycles. The fourth-order valence-corrected chi connectivity index (χ4v) is 1.97. The number of aromatic amines is 1. The predicted octanol–water partition coefficient (Wildman–Crippen LogP) is 3.88. The molecule has 0 spiro atoms. The highest BCUT2D eigenvalue weighted by Crippen LogP contribution is 2.34. The van der Waals surface area contributed by atoms with Crippen LogP contribution in [0.2, 0.25) is 5.02 Å². The predicted molar refractivity (Wildman–Crippen MR) is 81.1 cm³/mol. The lowest BCUT2D eigenvalue weighted by Crippen LogP contribution is -2.28. The van der Waals surface area contributed by atoms with E-state index in [1.165, 1.54) is 0 Å². The Balaban J connectivity index is 2.37. The van der Waals surface area contributed by atoms with Crippen molar-refractivity contribution in [1.29, 1.82) is 0 Å². The van der Waals surface area contributed by atoms with Crippen molar-refractivity contribution in [3.05, 3.63) is 44.8 Å². The lowest BCUT2D eigenvalue weighted by molar-refractivity contribution is -0.137. The zero-order chi connectivity index (χ0) is 17.4. The third-order valence-electron chi connectivity index (χ3n) is 2.95. The summed E-state index contributed by atoms with van der Waals surface area (Å²) in [5.41, 5.74) is -1.66. The number of alkyl halides is 3. The molecule has 5 nitrogen and oxygen atoms in total. The van der Waals surface area contributed by atoms with Crippen LogP contribution in [0.25, 0.3) is 0 Å². The number of halogens is 4. The average Bonchev–Trinajstić information content (AvgIpc) is 2.38. The van der Waals surface area contributed by atoms with E-state index in [9.17, 15) is 18.0 Å². The molecule has 2 rings (SSSR count). The van der Waals surface area contributed by atoms with Crippen molar-refractivity contribution >= 4 is 23.2 Å². The van der Waals surface area contributed by atoms with E-state index in [-0.39, 0.29) is 22.4 Å². The molecule has 9 heteroatoms. The summed E-state index contributed by atoms with van der Waals surface area (Å²) in [6.07, 6.45) is -4.50. The maximum atomic E-state index is 12.7. The summed E-state index contributed by atoms with van der Waals surface area (Å²) in [7, 11) is 0. The second-order valence-electron chi connectivity index (χ2n) is 5.92. The van der Waals surface area contributed by atoms with Crippen molar-refractivity contribution in [2.75, 3.05) is 5.32 Å². The van der Waals surface area contributed by atoms with Gasteiger partial charge in [-0.05, 0) is 18.2 Å². The number of hydrogen-bond acceptors (Lipinski definition) is 4. The summed E-state index contributed by atoms with van der Waals surface area (Å²) in [6.45, 7) is 5.38. The highest BCUT2D eigenvalue weighted by Gasteiger charge is 2.31. The Hall–Kier alpha value is -2.09. The summed E-state index contributed by atoms with van der Waals surface area (Å²) in [5.74, 6) is -0.0933. The van der Waals surface area contributed by atoms with E-state index in [2.05, 4.69) is 20.5 Å². The van der Waals surface area contributed by atoms with Crippen molar-refractivity contribution in [1.82, 2.24) is 15.2 Å². The van der Waals surface area contributed by atoms with Gasteiger partial charge in [-0.15, -0.1) is 10.2 Å². The average molecular weight is 347 g/mol. The SMILES string of the molecule is CC(C)(C)c1nnc(Nc2cc(C(F)(F)F)ccc2Cl)[nH]c1=O. The lowest BCUT2D eigenvalue weighted by Gasteiger charge is -2.16. The van der Waals surface area contributed by atoms with Crippen LogP contribution in [0.3, 0.4) is 0 Å². The zero-order valence-corrected chi connectivity index (χ0v) is 13.3. The smallest absolute Gasteiger partial charge is 0.323 e. The standard InChI is InChI=1S/C14H14ClF3N4O/c1-13(2,3)10-11(23)20-12(22-21-10)19-9-6-7(14(16,17)18)4-5-8(9)15/h4-6H,1-3H3,(H2,19,20,22,23). The molecule has 0 aliphatic heterocycles. The maximum Gasteiger partial charge on any atom is 0.416 e. The molecule has 1 heterocycles. The van der Waals surface area contributed by atoms with Gasteiger partial charge >= 0.3 is 6.18 Å². The van der Waals surface area contributed by atoms with Gasteiger partial charge in [0.25, 0.3) is 5.56 Å². The van der Waals surface area contributed by atoms with Crippen LogP contribution in [0.5, 0.6) is 0 Å². The molecular formula is C14H14ClF3N4O. The zero-order valence-electron chi connectivity index (χ0n) is 12.5. The number of anilines is 2. The summed E-state index contributed by atoms with van der Waals surface area (Å²) in [4.78, 5) is 14.4. The number of hydrogen-bond donors (Lipinski definition) is 2. The van der Waals surface area contributed by atoms with E-state index in [4.69, 9.17) is 11.6 Å². The molecule has 0 aliphatic carbocycles. The van der Waals surface area contributed by atoms with E-state index < -0.39 is 22.7 Å². The molecular weight excluding hydrogens is 333 g/mol. The molecule has 1 aromatic heterocycles. The van der Waals surface area contributed by atoms with Crippen LogP contribution in [-0.2, 0) is 11.6 Å². The molecule has 0 aliphatic rings. The first-order chi connectivity index (χ1) is 10.5. The summed E-state index contributed by atoms with van der Waals surface area (Å²) >= 11 is 5.87. The molecule has 124 valence electrons. The minimum atomic E-state index is -4.50. The van der Waals surface area contributed by atoms with Gasteiger partial charge < -0.3 is 5.32 Å². The molecule has 0 bridgehead atoms. The van der Waals surface area contributed by atoms with Crippen molar-refractivity contribution < 1.29 is 13.2 Å². The van der Waals surface area contributed by atoms with Crippen LogP contribution in [0.1, 0.15) is 32.0 Å². The van der Waals surface area contributed by atoms with Gasteiger partial charge in [0.1, 0.15) is 5.69 Å². The van der Waals surface area contributed by atoms with Gasteiger partial charge in [-0.3, -0.25) is 9.78 Å². The Kier molecular flexibility index (Phi) is 4.39. The summed E-state index contributed by atoms with van der Waals surface area (Å²) in [6, 6.07) is 2.81. The fourth-order valence-electron chi connectivity index (χ4n) is 1.81.